The Morgan fingerprint density at radius 3 is 2.67 bits per heavy atom. The first-order valence-electron chi connectivity index (χ1n) is 10.4. The van der Waals surface area contributed by atoms with Crippen LogP contribution < -0.4 is 0 Å². The van der Waals surface area contributed by atoms with Gasteiger partial charge in [0.15, 0.2) is 0 Å². The normalized spacial score (nSPS) is 13.5. The van der Waals surface area contributed by atoms with Crippen LogP contribution >= 0.6 is 0 Å². The minimum absolute atomic E-state index is 0.310. The number of fused-ring (bicyclic) bond motifs is 1. The minimum Gasteiger partial charge on any atom is -0.465 e. The van der Waals surface area contributed by atoms with Crippen molar-refractivity contribution in [2.24, 2.45) is 0 Å². The molecule has 30 heavy (non-hydrogen) atoms. The Hall–Kier alpha value is -3.40. The van der Waals surface area contributed by atoms with Crippen molar-refractivity contribution >= 4 is 16.9 Å². The van der Waals surface area contributed by atoms with Gasteiger partial charge in [0.05, 0.1) is 18.4 Å². The van der Waals surface area contributed by atoms with E-state index < -0.39 is 0 Å². The first kappa shape index (κ1) is 18.6. The van der Waals surface area contributed by atoms with Crippen LogP contribution in [0.25, 0.3) is 10.9 Å². The van der Waals surface area contributed by atoms with Crippen molar-refractivity contribution in [3.05, 3.63) is 101 Å². The lowest BCUT2D eigenvalue weighted by atomic mass is 10.0. The Morgan fingerprint density at radius 1 is 1.07 bits per heavy atom. The summed E-state index contributed by atoms with van der Waals surface area (Å²) in [7, 11) is 1.43. The second-order valence-corrected chi connectivity index (χ2v) is 8.03. The van der Waals surface area contributed by atoms with Crippen LogP contribution in [0.15, 0.2) is 73.1 Å². The van der Waals surface area contributed by atoms with Crippen molar-refractivity contribution < 1.29 is 9.53 Å². The van der Waals surface area contributed by atoms with Crippen LogP contribution in [0.2, 0.25) is 0 Å². The SMILES string of the molecule is COC(=O)c1cc(C2CC2)cnc1Cc1ccc2c(ccn2Cc2ccccc2)c1. The number of methoxy groups -OCH3 is 1. The van der Waals surface area contributed by atoms with Gasteiger partial charge in [0, 0.05) is 30.9 Å². The summed E-state index contributed by atoms with van der Waals surface area (Å²) in [6.07, 6.45) is 7.02. The third-order valence-corrected chi connectivity index (χ3v) is 5.85. The Balaban J connectivity index is 1.42. The van der Waals surface area contributed by atoms with Gasteiger partial charge in [-0.05, 0) is 65.1 Å². The molecule has 0 spiro atoms. The summed E-state index contributed by atoms with van der Waals surface area (Å²) < 4.78 is 7.28. The van der Waals surface area contributed by atoms with E-state index in [1.54, 1.807) is 0 Å². The van der Waals surface area contributed by atoms with Crippen LogP contribution in [-0.4, -0.2) is 22.6 Å². The molecule has 4 heteroatoms. The molecule has 0 radical (unpaired) electrons. The third-order valence-electron chi connectivity index (χ3n) is 5.85. The largest absolute Gasteiger partial charge is 0.465 e. The summed E-state index contributed by atoms with van der Waals surface area (Å²) in [4.78, 5) is 17.0. The molecule has 1 saturated carbocycles. The summed E-state index contributed by atoms with van der Waals surface area (Å²) in [5.74, 6) is 0.241. The number of aromatic nitrogens is 2. The molecule has 0 N–H and O–H groups in total. The summed E-state index contributed by atoms with van der Waals surface area (Å²) in [5.41, 5.74) is 6.12. The van der Waals surface area contributed by atoms with Crippen molar-refractivity contribution in [3.63, 3.8) is 0 Å². The highest BCUT2D eigenvalue weighted by atomic mass is 16.5. The van der Waals surface area contributed by atoms with Crippen LogP contribution in [0.5, 0.6) is 0 Å². The number of benzene rings is 2. The van der Waals surface area contributed by atoms with Gasteiger partial charge in [-0.1, -0.05) is 36.4 Å². The quantitative estimate of drug-likeness (QED) is 0.413. The first-order chi connectivity index (χ1) is 14.7. The van der Waals surface area contributed by atoms with Gasteiger partial charge in [-0.15, -0.1) is 0 Å². The van der Waals surface area contributed by atoms with Crippen molar-refractivity contribution in [1.29, 1.82) is 0 Å². The predicted molar refractivity (Wildman–Crippen MR) is 118 cm³/mol. The fourth-order valence-corrected chi connectivity index (χ4v) is 4.05. The number of nitrogens with zero attached hydrogens (tertiary/aromatic N) is 2. The van der Waals surface area contributed by atoms with E-state index in [4.69, 9.17) is 4.74 Å². The van der Waals surface area contributed by atoms with Crippen molar-refractivity contribution in [1.82, 2.24) is 9.55 Å². The molecule has 0 unspecified atom stereocenters. The molecule has 0 amide bonds. The van der Waals surface area contributed by atoms with E-state index in [-0.39, 0.29) is 5.97 Å². The molecule has 2 heterocycles. The van der Waals surface area contributed by atoms with Crippen LogP contribution in [0.1, 0.15) is 51.5 Å². The number of carbonyl (C=O) groups is 1. The highest BCUT2D eigenvalue weighted by Gasteiger charge is 2.26. The number of hydrogen-bond donors (Lipinski definition) is 0. The van der Waals surface area contributed by atoms with Crippen molar-refractivity contribution in [3.8, 4) is 0 Å². The second-order valence-electron chi connectivity index (χ2n) is 8.03. The molecule has 150 valence electrons. The zero-order chi connectivity index (χ0) is 20.5. The molecule has 1 fully saturated rings. The maximum atomic E-state index is 12.3. The standard InChI is InChI=1S/C26H24N2O2/c1-30-26(29)23-15-22(20-8-9-20)16-27-24(23)14-19-7-10-25-21(13-19)11-12-28(25)17-18-5-3-2-4-6-18/h2-7,10-13,15-16,20H,8-9,14,17H2,1H3. The number of ether oxygens (including phenoxy) is 1. The molecule has 0 bridgehead atoms. The molecule has 2 aromatic carbocycles. The summed E-state index contributed by atoms with van der Waals surface area (Å²) in [6, 6.07) is 21.1. The fraction of sp³-hybridized carbons (Fsp3) is 0.231. The van der Waals surface area contributed by atoms with Crippen molar-refractivity contribution in [2.75, 3.05) is 7.11 Å². The number of pyridine rings is 1. The molecule has 1 aliphatic rings. The van der Waals surface area contributed by atoms with E-state index in [1.165, 1.54) is 36.4 Å². The van der Waals surface area contributed by atoms with Crippen LogP contribution in [0, 0.1) is 0 Å². The van der Waals surface area contributed by atoms with Gasteiger partial charge in [-0.25, -0.2) is 4.79 Å². The number of esters is 1. The Morgan fingerprint density at radius 2 is 1.90 bits per heavy atom. The van der Waals surface area contributed by atoms with Gasteiger partial charge in [-0.3, -0.25) is 4.98 Å². The maximum absolute atomic E-state index is 12.3. The fourth-order valence-electron chi connectivity index (χ4n) is 4.05. The van der Waals surface area contributed by atoms with E-state index in [2.05, 4.69) is 64.3 Å². The monoisotopic (exact) mass is 396 g/mol. The Labute approximate surface area is 176 Å². The van der Waals surface area contributed by atoms with Gasteiger partial charge in [0.25, 0.3) is 0 Å². The molecule has 5 rings (SSSR count). The van der Waals surface area contributed by atoms with E-state index in [9.17, 15) is 4.79 Å². The van der Waals surface area contributed by atoms with Gasteiger partial charge in [0.1, 0.15) is 0 Å². The molecule has 0 atom stereocenters. The highest BCUT2D eigenvalue weighted by molar-refractivity contribution is 5.91. The molecule has 0 aliphatic heterocycles. The lowest BCUT2D eigenvalue weighted by Crippen LogP contribution is -2.09. The molecule has 4 aromatic rings. The van der Waals surface area contributed by atoms with Crippen LogP contribution in [0.3, 0.4) is 0 Å². The number of carbonyl (C=O) groups excluding carboxylic acids is 1. The molecule has 1 aliphatic carbocycles. The van der Waals surface area contributed by atoms with Crippen molar-refractivity contribution in [2.45, 2.75) is 31.7 Å². The lowest BCUT2D eigenvalue weighted by molar-refractivity contribution is 0.0599. The van der Waals surface area contributed by atoms with Gasteiger partial charge in [-0.2, -0.15) is 0 Å². The first-order valence-corrected chi connectivity index (χ1v) is 10.4. The number of hydrogen-bond acceptors (Lipinski definition) is 3. The smallest absolute Gasteiger partial charge is 0.339 e. The lowest BCUT2D eigenvalue weighted by Gasteiger charge is -2.10. The molecular formula is C26H24N2O2. The maximum Gasteiger partial charge on any atom is 0.339 e. The molecule has 4 nitrogen and oxygen atoms in total. The Kier molecular flexibility index (Phi) is 4.83. The van der Waals surface area contributed by atoms with Crippen LogP contribution in [0.4, 0.5) is 0 Å². The summed E-state index contributed by atoms with van der Waals surface area (Å²) >= 11 is 0. The molecule has 0 saturated heterocycles. The minimum atomic E-state index is -0.310. The third kappa shape index (κ3) is 3.73. The zero-order valence-corrected chi connectivity index (χ0v) is 17.0. The van der Waals surface area contributed by atoms with E-state index in [1.807, 2.05) is 18.3 Å². The topological polar surface area (TPSA) is 44.1 Å². The van der Waals surface area contributed by atoms with Gasteiger partial charge in [0.2, 0.25) is 0 Å². The van der Waals surface area contributed by atoms with E-state index >= 15 is 0 Å². The summed E-state index contributed by atoms with van der Waals surface area (Å²) in [5, 5.41) is 1.19. The average molecular weight is 396 g/mol. The summed E-state index contributed by atoms with van der Waals surface area (Å²) in [6.45, 7) is 0.848. The Bertz CT molecular complexity index is 1210. The number of rotatable bonds is 6. The van der Waals surface area contributed by atoms with Crippen LogP contribution in [-0.2, 0) is 17.7 Å². The molecular weight excluding hydrogens is 372 g/mol. The second kappa shape index (κ2) is 7.79. The molecule has 2 aromatic heterocycles. The highest BCUT2D eigenvalue weighted by Crippen LogP contribution is 2.40. The van der Waals surface area contributed by atoms with Gasteiger partial charge < -0.3 is 9.30 Å². The predicted octanol–water partition coefficient (Wildman–Crippen LogP) is 5.34. The van der Waals surface area contributed by atoms with E-state index in [0.29, 0.717) is 17.9 Å². The van der Waals surface area contributed by atoms with E-state index in [0.717, 1.165) is 23.4 Å². The average Bonchev–Trinajstić information content (AvgIpc) is 3.56. The van der Waals surface area contributed by atoms with Gasteiger partial charge >= 0.3 is 5.97 Å². The zero-order valence-electron chi connectivity index (χ0n) is 17.0.